The number of benzene rings is 2. The Morgan fingerprint density at radius 2 is 1.91 bits per heavy atom. The summed E-state index contributed by atoms with van der Waals surface area (Å²) >= 11 is 0. The van der Waals surface area contributed by atoms with E-state index in [1.807, 2.05) is 18.2 Å². The zero-order valence-electron chi connectivity index (χ0n) is 12.4. The molecule has 0 saturated carbocycles. The zero-order chi connectivity index (χ0) is 15.4. The van der Waals surface area contributed by atoms with Gasteiger partial charge in [0, 0.05) is 24.2 Å². The summed E-state index contributed by atoms with van der Waals surface area (Å²) in [6, 6.07) is 14.2. The van der Waals surface area contributed by atoms with E-state index in [-0.39, 0.29) is 17.9 Å². The summed E-state index contributed by atoms with van der Waals surface area (Å²) in [6.07, 6.45) is 2.09. The van der Waals surface area contributed by atoms with Gasteiger partial charge in [-0.25, -0.2) is 8.78 Å². The van der Waals surface area contributed by atoms with Gasteiger partial charge >= 0.3 is 0 Å². The molecule has 2 atom stereocenters. The molecule has 1 fully saturated rings. The molecular weight excluding hydrogens is 282 g/mol. The van der Waals surface area contributed by atoms with Gasteiger partial charge in [0.1, 0.15) is 11.6 Å². The fraction of sp³-hybridized carbons (Fsp3) is 0.333. The Kier molecular flexibility index (Phi) is 4.80. The van der Waals surface area contributed by atoms with Crippen LogP contribution in [0.1, 0.15) is 30.0 Å². The van der Waals surface area contributed by atoms with Gasteiger partial charge in [-0.2, -0.15) is 0 Å². The maximum Gasteiger partial charge on any atom is 0.127 e. The molecule has 22 heavy (non-hydrogen) atoms. The largest absolute Gasteiger partial charge is 0.309 e. The van der Waals surface area contributed by atoms with Crippen LogP contribution in [0.25, 0.3) is 0 Å². The second-order valence-corrected chi connectivity index (χ2v) is 5.71. The maximum absolute atomic E-state index is 13.7. The molecular formula is C18H20F2N2. The van der Waals surface area contributed by atoms with E-state index in [0.717, 1.165) is 25.5 Å². The first-order chi connectivity index (χ1) is 10.7. The molecule has 1 saturated heterocycles. The van der Waals surface area contributed by atoms with Crippen molar-refractivity contribution in [3.63, 3.8) is 0 Å². The lowest BCUT2D eigenvalue weighted by molar-refractivity contribution is 0.303. The highest BCUT2D eigenvalue weighted by atomic mass is 19.1. The van der Waals surface area contributed by atoms with Crippen LogP contribution in [-0.4, -0.2) is 12.6 Å². The summed E-state index contributed by atoms with van der Waals surface area (Å²) in [6.45, 7) is 1.31. The van der Waals surface area contributed by atoms with Gasteiger partial charge in [0.05, 0.1) is 0 Å². The lowest BCUT2D eigenvalue weighted by atomic mass is 9.92. The van der Waals surface area contributed by atoms with E-state index in [0.29, 0.717) is 12.1 Å². The van der Waals surface area contributed by atoms with Crippen LogP contribution in [0.4, 0.5) is 8.78 Å². The summed E-state index contributed by atoms with van der Waals surface area (Å²) in [4.78, 5) is 0. The smallest absolute Gasteiger partial charge is 0.127 e. The van der Waals surface area contributed by atoms with E-state index in [4.69, 9.17) is 0 Å². The van der Waals surface area contributed by atoms with Crippen molar-refractivity contribution in [3.8, 4) is 0 Å². The molecule has 0 spiro atoms. The van der Waals surface area contributed by atoms with Gasteiger partial charge in [-0.15, -0.1) is 0 Å². The zero-order valence-corrected chi connectivity index (χ0v) is 12.4. The normalized spacial score (nSPS) is 21.7. The minimum absolute atomic E-state index is 0.201. The fourth-order valence-electron chi connectivity index (χ4n) is 3.04. The third-order valence-corrected chi connectivity index (χ3v) is 4.18. The van der Waals surface area contributed by atoms with Gasteiger partial charge in [-0.3, -0.25) is 0 Å². The third-order valence-electron chi connectivity index (χ3n) is 4.18. The molecule has 3 rings (SSSR count). The van der Waals surface area contributed by atoms with Gasteiger partial charge in [0.15, 0.2) is 0 Å². The first-order valence-electron chi connectivity index (χ1n) is 7.69. The molecule has 1 heterocycles. The van der Waals surface area contributed by atoms with Gasteiger partial charge in [0.25, 0.3) is 0 Å². The lowest BCUT2D eigenvalue weighted by Gasteiger charge is -2.34. The minimum atomic E-state index is -0.403. The van der Waals surface area contributed by atoms with Crippen LogP contribution in [0, 0.1) is 11.6 Å². The number of hydrogen-bond acceptors (Lipinski definition) is 2. The first kappa shape index (κ1) is 15.1. The van der Waals surface area contributed by atoms with Crippen molar-refractivity contribution in [2.75, 3.05) is 6.54 Å². The summed E-state index contributed by atoms with van der Waals surface area (Å²) in [5.74, 6) is -0.770. The van der Waals surface area contributed by atoms with Crippen LogP contribution < -0.4 is 10.6 Å². The van der Waals surface area contributed by atoms with E-state index in [1.165, 1.54) is 17.7 Å². The number of nitrogens with one attached hydrogen (secondary N) is 2. The third kappa shape index (κ3) is 3.51. The van der Waals surface area contributed by atoms with Crippen molar-refractivity contribution in [2.24, 2.45) is 0 Å². The molecule has 0 bridgehead atoms. The highest BCUT2D eigenvalue weighted by Crippen LogP contribution is 2.24. The molecule has 2 aromatic rings. The second-order valence-electron chi connectivity index (χ2n) is 5.71. The molecule has 2 N–H and O–H groups in total. The molecule has 2 nitrogen and oxygen atoms in total. The molecule has 4 heteroatoms. The quantitative estimate of drug-likeness (QED) is 0.902. The van der Waals surface area contributed by atoms with E-state index in [9.17, 15) is 8.78 Å². The molecule has 1 aliphatic heterocycles. The highest BCUT2D eigenvalue weighted by molar-refractivity contribution is 5.22. The SMILES string of the molecule is Fc1ccc(F)c(CNC2CCCNC2c2ccccc2)c1. The van der Waals surface area contributed by atoms with Crippen molar-refractivity contribution in [3.05, 3.63) is 71.3 Å². The summed E-state index contributed by atoms with van der Waals surface area (Å²) in [7, 11) is 0. The van der Waals surface area contributed by atoms with Crippen LogP contribution in [0.3, 0.4) is 0 Å². The van der Waals surface area contributed by atoms with Crippen LogP contribution in [0.2, 0.25) is 0 Å². The molecule has 2 unspecified atom stereocenters. The predicted octanol–water partition coefficient (Wildman–Crippen LogP) is 3.55. The standard InChI is InChI=1S/C18H20F2N2/c19-15-8-9-16(20)14(11-15)12-22-17-7-4-10-21-18(17)13-5-2-1-3-6-13/h1-3,5-6,8-9,11,17-18,21-22H,4,7,10,12H2. The summed E-state index contributed by atoms with van der Waals surface area (Å²) in [5, 5.41) is 6.90. The number of rotatable bonds is 4. The maximum atomic E-state index is 13.7. The summed E-state index contributed by atoms with van der Waals surface area (Å²) < 4.78 is 27.0. The van der Waals surface area contributed by atoms with Gasteiger partial charge < -0.3 is 10.6 Å². The molecule has 0 amide bonds. The second kappa shape index (κ2) is 6.99. The Balaban J connectivity index is 1.71. The predicted molar refractivity (Wildman–Crippen MR) is 83.4 cm³/mol. The van der Waals surface area contributed by atoms with Gasteiger partial charge in [-0.1, -0.05) is 30.3 Å². The van der Waals surface area contributed by atoms with Crippen LogP contribution >= 0.6 is 0 Å². The Bertz CT molecular complexity index is 616. The van der Waals surface area contributed by atoms with E-state index < -0.39 is 5.82 Å². The van der Waals surface area contributed by atoms with Crippen molar-refractivity contribution < 1.29 is 8.78 Å². The van der Waals surface area contributed by atoms with E-state index >= 15 is 0 Å². The van der Waals surface area contributed by atoms with Crippen LogP contribution in [0.5, 0.6) is 0 Å². The van der Waals surface area contributed by atoms with Crippen LogP contribution in [0.15, 0.2) is 48.5 Å². The molecule has 0 radical (unpaired) electrons. The van der Waals surface area contributed by atoms with Gasteiger partial charge in [0.2, 0.25) is 0 Å². The Hall–Kier alpha value is -1.78. The molecule has 0 aromatic heterocycles. The van der Waals surface area contributed by atoms with E-state index in [1.54, 1.807) is 0 Å². The lowest BCUT2D eigenvalue weighted by Crippen LogP contribution is -2.45. The Labute approximate surface area is 129 Å². The first-order valence-corrected chi connectivity index (χ1v) is 7.69. The van der Waals surface area contributed by atoms with Gasteiger partial charge in [-0.05, 0) is 43.1 Å². The monoisotopic (exact) mass is 302 g/mol. The van der Waals surface area contributed by atoms with Crippen LogP contribution in [-0.2, 0) is 6.54 Å². The van der Waals surface area contributed by atoms with Crippen molar-refractivity contribution >= 4 is 0 Å². The fourth-order valence-corrected chi connectivity index (χ4v) is 3.04. The number of piperidine rings is 1. The van der Waals surface area contributed by atoms with Crippen molar-refractivity contribution in [2.45, 2.75) is 31.5 Å². The topological polar surface area (TPSA) is 24.1 Å². The molecule has 116 valence electrons. The highest BCUT2D eigenvalue weighted by Gasteiger charge is 2.25. The summed E-state index contributed by atoms with van der Waals surface area (Å²) in [5.41, 5.74) is 1.59. The molecule has 0 aliphatic carbocycles. The van der Waals surface area contributed by atoms with E-state index in [2.05, 4.69) is 22.8 Å². The average Bonchev–Trinajstić information content (AvgIpc) is 2.57. The van der Waals surface area contributed by atoms with Crippen molar-refractivity contribution in [1.82, 2.24) is 10.6 Å². The average molecular weight is 302 g/mol. The number of halogens is 2. The number of hydrogen-bond donors (Lipinski definition) is 2. The molecule has 2 aromatic carbocycles. The van der Waals surface area contributed by atoms with Crippen molar-refractivity contribution in [1.29, 1.82) is 0 Å². The Morgan fingerprint density at radius 3 is 2.73 bits per heavy atom. The Morgan fingerprint density at radius 1 is 1.09 bits per heavy atom. The molecule has 1 aliphatic rings. The minimum Gasteiger partial charge on any atom is -0.309 e.